The van der Waals surface area contributed by atoms with Gasteiger partial charge in [-0.1, -0.05) is 6.92 Å². The van der Waals surface area contributed by atoms with Crippen molar-refractivity contribution in [3.05, 3.63) is 71.8 Å². The summed E-state index contributed by atoms with van der Waals surface area (Å²) in [6, 6.07) is 11.8. The highest BCUT2D eigenvalue weighted by molar-refractivity contribution is 7.91. The molecule has 4 aromatic rings. The molecule has 1 atom stereocenters. The van der Waals surface area contributed by atoms with Gasteiger partial charge in [0.05, 0.1) is 27.5 Å². The average Bonchev–Trinajstić information content (AvgIpc) is 3.38. The average molecular weight is 613 g/mol. The molecule has 1 aliphatic heterocycles. The molecule has 1 amide bonds. The molecule has 0 radical (unpaired) electrons. The fraction of sp³-hybridized carbons (Fsp3) is 0.333. The molecule has 10 nitrogen and oxygen atoms in total. The lowest BCUT2D eigenvalue weighted by atomic mass is 10.1. The Balaban J connectivity index is 1.46. The van der Waals surface area contributed by atoms with E-state index in [1.54, 1.807) is 13.2 Å². The molecule has 2 heterocycles. The Bertz CT molecular complexity index is 1720. The summed E-state index contributed by atoms with van der Waals surface area (Å²) in [5.41, 5.74) is 2.47. The molecular weight excluding hydrogens is 578 g/mol. The Morgan fingerprint density at radius 3 is 2.42 bits per heavy atom. The number of hydrogen-bond acceptors (Lipinski definition) is 8. The number of amides is 1. The van der Waals surface area contributed by atoms with Crippen LogP contribution in [-0.4, -0.2) is 82.4 Å². The van der Waals surface area contributed by atoms with Gasteiger partial charge in [0.2, 0.25) is 9.84 Å². The Morgan fingerprint density at radius 1 is 1.02 bits per heavy atom. The van der Waals surface area contributed by atoms with Crippen LogP contribution in [0.2, 0.25) is 0 Å². The first-order valence-corrected chi connectivity index (χ1v) is 15.4. The van der Waals surface area contributed by atoms with E-state index in [4.69, 9.17) is 4.74 Å². The number of rotatable bonds is 10. The quantitative estimate of drug-likeness (QED) is 0.239. The number of ether oxygens (including phenoxy) is 1. The third-order valence-corrected chi connectivity index (χ3v) is 9.29. The van der Waals surface area contributed by atoms with Gasteiger partial charge in [0, 0.05) is 62.2 Å². The lowest BCUT2D eigenvalue weighted by Gasteiger charge is -2.34. The van der Waals surface area contributed by atoms with Crippen molar-refractivity contribution < 1.29 is 26.7 Å². The summed E-state index contributed by atoms with van der Waals surface area (Å²) >= 11 is 0. The monoisotopic (exact) mass is 612 g/mol. The SMILES string of the molecule is CC[C@H](COC)Nc1cc(N2CCN(C)CC2)ccc1C(=O)Nc1n[nH]c2ccc(S(=O)(=O)c3cc(F)cc(F)c3)cc12. The lowest BCUT2D eigenvalue weighted by Crippen LogP contribution is -2.44. The first-order chi connectivity index (χ1) is 20.6. The van der Waals surface area contributed by atoms with Crippen LogP contribution in [0.4, 0.5) is 26.0 Å². The predicted octanol–water partition coefficient (Wildman–Crippen LogP) is 4.51. The number of H-pyrrole nitrogens is 1. The summed E-state index contributed by atoms with van der Waals surface area (Å²) < 4.78 is 59.3. The smallest absolute Gasteiger partial charge is 0.258 e. The first kappa shape index (κ1) is 30.4. The van der Waals surface area contributed by atoms with E-state index in [1.807, 2.05) is 19.1 Å². The standard InChI is InChI=1S/C30H34F2N6O4S/c1-4-21(18-42-3)33-28-16-22(38-11-9-37(2)10-12-38)5-7-25(28)30(39)34-29-26-17-23(6-8-27(26)35-36-29)43(40,41)24-14-19(31)13-20(32)15-24/h5-8,13-17,21,33H,4,9-12,18H2,1-3H3,(H2,34,35,36,39)/t21-/m1/s1. The summed E-state index contributed by atoms with van der Waals surface area (Å²) in [5, 5.41) is 13.5. The van der Waals surface area contributed by atoms with Crippen LogP contribution in [0.15, 0.2) is 64.4 Å². The summed E-state index contributed by atoms with van der Waals surface area (Å²) in [6.45, 7) is 6.08. The second-order valence-corrected chi connectivity index (χ2v) is 12.5. The Kier molecular flexibility index (Phi) is 8.95. The van der Waals surface area contributed by atoms with Gasteiger partial charge in [-0.25, -0.2) is 17.2 Å². The van der Waals surface area contributed by atoms with Crippen LogP contribution in [0, 0.1) is 11.6 Å². The highest BCUT2D eigenvalue weighted by atomic mass is 32.2. The maximum atomic E-state index is 13.8. The number of nitrogens with one attached hydrogen (secondary N) is 3. The lowest BCUT2D eigenvalue weighted by molar-refractivity contribution is 0.102. The van der Waals surface area contributed by atoms with Gasteiger partial charge in [0.1, 0.15) is 11.6 Å². The normalized spacial score (nSPS) is 15.0. The number of carbonyl (C=O) groups is 1. The van der Waals surface area contributed by atoms with E-state index in [0.717, 1.165) is 50.4 Å². The number of aromatic nitrogens is 2. The molecular formula is C30H34F2N6O4S. The van der Waals surface area contributed by atoms with E-state index in [1.165, 1.54) is 18.2 Å². The number of benzene rings is 3. The van der Waals surface area contributed by atoms with Crippen LogP contribution in [0.3, 0.4) is 0 Å². The number of likely N-dealkylation sites (N-methyl/N-ethyl adjacent to an activating group) is 1. The van der Waals surface area contributed by atoms with Crippen LogP contribution in [0.25, 0.3) is 10.9 Å². The third-order valence-electron chi connectivity index (χ3n) is 7.56. The number of piperazine rings is 1. The first-order valence-electron chi connectivity index (χ1n) is 13.9. The van der Waals surface area contributed by atoms with Gasteiger partial charge in [0.25, 0.3) is 5.91 Å². The molecule has 0 unspecified atom stereocenters. The van der Waals surface area contributed by atoms with Gasteiger partial charge in [-0.3, -0.25) is 9.89 Å². The molecule has 0 bridgehead atoms. The summed E-state index contributed by atoms with van der Waals surface area (Å²) in [7, 11) is -0.547. The molecule has 0 aliphatic carbocycles. The molecule has 0 spiro atoms. The molecule has 1 aliphatic rings. The maximum Gasteiger partial charge on any atom is 0.258 e. The van der Waals surface area contributed by atoms with Crippen molar-refractivity contribution >= 4 is 43.8 Å². The zero-order valence-corrected chi connectivity index (χ0v) is 25.0. The molecule has 0 saturated carbocycles. The zero-order valence-electron chi connectivity index (χ0n) is 24.2. The van der Waals surface area contributed by atoms with E-state index in [9.17, 15) is 22.0 Å². The molecule has 1 saturated heterocycles. The zero-order chi connectivity index (χ0) is 30.7. The number of carbonyl (C=O) groups excluding carboxylic acids is 1. The second-order valence-electron chi connectivity index (χ2n) is 10.6. The van der Waals surface area contributed by atoms with Gasteiger partial charge in [-0.05, 0) is 62.0 Å². The highest BCUT2D eigenvalue weighted by Crippen LogP contribution is 2.30. The third kappa shape index (κ3) is 6.63. The molecule has 43 heavy (non-hydrogen) atoms. The molecule has 13 heteroatoms. The summed E-state index contributed by atoms with van der Waals surface area (Å²) in [6.07, 6.45) is 0.768. The van der Waals surface area contributed by atoms with E-state index >= 15 is 0 Å². The van der Waals surface area contributed by atoms with E-state index in [0.29, 0.717) is 34.8 Å². The van der Waals surface area contributed by atoms with Crippen molar-refractivity contribution in [1.82, 2.24) is 15.1 Å². The number of hydrogen-bond donors (Lipinski definition) is 3. The van der Waals surface area contributed by atoms with Crippen molar-refractivity contribution in [2.45, 2.75) is 29.2 Å². The summed E-state index contributed by atoms with van der Waals surface area (Å²) in [5.74, 6) is -2.35. The number of sulfone groups is 1. The van der Waals surface area contributed by atoms with Crippen LogP contribution >= 0.6 is 0 Å². The van der Waals surface area contributed by atoms with Crippen molar-refractivity contribution in [2.24, 2.45) is 0 Å². The van der Waals surface area contributed by atoms with Gasteiger partial charge in [-0.15, -0.1) is 0 Å². The Morgan fingerprint density at radius 2 is 1.74 bits per heavy atom. The number of anilines is 3. The molecule has 1 aromatic heterocycles. The second kappa shape index (κ2) is 12.7. The van der Waals surface area contributed by atoms with Gasteiger partial charge in [-0.2, -0.15) is 5.10 Å². The van der Waals surface area contributed by atoms with Gasteiger partial charge < -0.3 is 25.2 Å². The van der Waals surface area contributed by atoms with Crippen LogP contribution in [0.5, 0.6) is 0 Å². The van der Waals surface area contributed by atoms with E-state index < -0.39 is 32.3 Å². The molecule has 1 fully saturated rings. The Labute approximate surface area is 248 Å². The molecule has 3 N–H and O–H groups in total. The molecule has 3 aromatic carbocycles. The Hall–Kier alpha value is -4.07. The maximum absolute atomic E-state index is 13.8. The van der Waals surface area contributed by atoms with E-state index in [2.05, 4.69) is 37.7 Å². The number of nitrogens with zero attached hydrogens (tertiary/aromatic N) is 3. The van der Waals surface area contributed by atoms with Crippen molar-refractivity contribution in [2.75, 3.05) is 62.5 Å². The number of fused-ring (bicyclic) bond motifs is 1. The largest absolute Gasteiger partial charge is 0.383 e. The molecule has 228 valence electrons. The number of aromatic amines is 1. The minimum atomic E-state index is -4.26. The number of halogens is 2. The van der Waals surface area contributed by atoms with Crippen molar-refractivity contribution in [1.29, 1.82) is 0 Å². The minimum Gasteiger partial charge on any atom is -0.383 e. The van der Waals surface area contributed by atoms with Crippen molar-refractivity contribution in [3.8, 4) is 0 Å². The minimum absolute atomic E-state index is 0.0362. The summed E-state index contributed by atoms with van der Waals surface area (Å²) in [4.78, 5) is 17.5. The van der Waals surface area contributed by atoms with Gasteiger partial charge in [0.15, 0.2) is 5.82 Å². The molecule has 5 rings (SSSR count). The van der Waals surface area contributed by atoms with E-state index in [-0.39, 0.29) is 16.8 Å². The predicted molar refractivity (Wildman–Crippen MR) is 162 cm³/mol. The van der Waals surface area contributed by atoms with Crippen molar-refractivity contribution in [3.63, 3.8) is 0 Å². The van der Waals surface area contributed by atoms with Crippen LogP contribution < -0.4 is 15.5 Å². The fourth-order valence-corrected chi connectivity index (χ4v) is 6.37. The number of methoxy groups -OCH3 is 1. The fourth-order valence-electron chi connectivity index (χ4n) is 5.04. The van der Waals surface area contributed by atoms with Crippen LogP contribution in [-0.2, 0) is 14.6 Å². The highest BCUT2D eigenvalue weighted by Gasteiger charge is 2.23. The van der Waals surface area contributed by atoms with Crippen LogP contribution in [0.1, 0.15) is 23.7 Å². The topological polar surface area (TPSA) is 120 Å². The van der Waals surface area contributed by atoms with Gasteiger partial charge >= 0.3 is 0 Å².